The van der Waals surface area contributed by atoms with Crippen molar-refractivity contribution in [3.05, 3.63) is 83.9 Å². The number of para-hydroxylation sites is 2. The Bertz CT molecular complexity index is 1990. The van der Waals surface area contributed by atoms with Gasteiger partial charge in [0.1, 0.15) is 5.78 Å². The molecule has 0 radical (unpaired) electrons. The molecule has 3 aromatic carbocycles. The summed E-state index contributed by atoms with van der Waals surface area (Å²) in [5, 5.41) is 12.3. The van der Waals surface area contributed by atoms with Crippen molar-refractivity contribution in [2.75, 3.05) is 13.6 Å². The quantitative estimate of drug-likeness (QED) is 0.0766. The van der Waals surface area contributed by atoms with E-state index in [0.29, 0.717) is 42.4 Å². The molecule has 1 aliphatic rings. The van der Waals surface area contributed by atoms with Gasteiger partial charge < -0.3 is 5.32 Å². The summed E-state index contributed by atoms with van der Waals surface area (Å²) in [4.78, 5) is 43.7. The fraction of sp³-hybridized carbons (Fsp3) is 0.395. The summed E-state index contributed by atoms with van der Waals surface area (Å²) in [6.07, 6.45) is 4.87. The first-order chi connectivity index (χ1) is 24.1. The molecule has 1 atom stereocenters. The van der Waals surface area contributed by atoms with Crippen LogP contribution in [0.5, 0.6) is 0 Å². The van der Waals surface area contributed by atoms with E-state index in [1.54, 1.807) is 19.2 Å². The van der Waals surface area contributed by atoms with E-state index in [9.17, 15) is 22.8 Å². The Morgan fingerprint density at radius 2 is 1.42 bits per heavy atom. The summed E-state index contributed by atoms with van der Waals surface area (Å²) in [6, 6.07) is 21.3. The first kappa shape index (κ1) is 36.4. The number of pyridine rings is 1. The number of benzene rings is 3. The second-order valence-electron chi connectivity index (χ2n) is 12.6. The van der Waals surface area contributed by atoms with Crippen LogP contribution in [0.1, 0.15) is 80.6 Å². The van der Waals surface area contributed by atoms with Crippen molar-refractivity contribution in [1.29, 1.82) is 0 Å². The summed E-state index contributed by atoms with van der Waals surface area (Å²) in [5.74, 6) is -0.0516. The molecule has 2 amide bonds. The number of amides is 2. The lowest BCUT2D eigenvalue weighted by Crippen LogP contribution is -2.41. The smallest absolute Gasteiger partial charge is 0.269 e. The Balaban J connectivity index is 1.45. The third-order valence-electron chi connectivity index (χ3n) is 8.95. The Morgan fingerprint density at radius 3 is 2.02 bits per heavy atom. The number of rotatable bonds is 17. The number of Topliss-reactive ketones (excluding diaryl/α,β-unsaturated/α-hetero) is 1. The molecule has 1 unspecified atom stereocenters. The predicted octanol–water partition coefficient (Wildman–Crippen LogP) is 6.46. The van der Waals surface area contributed by atoms with E-state index in [0.717, 1.165) is 46.6 Å². The normalized spacial score (nSPS) is 14.2. The van der Waals surface area contributed by atoms with Crippen LogP contribution in [-0.4, -0.2) is 55.9 Å². The van der Waals surface area contributed by atoms with E-state index in [-0.39, 0.29) is 47.7 Å². The van der Waals surface area contributed by atoms with Crippen molar-refractivity contribution in [2.24, 2.45) is 15.2 Å². The first-order valence-electron chi connectivity index (χ1n) is 17.3. The minimum absolute atomic E-state index is 0.00728. The van der Waals surface area contributed by atoms with E-state index in [4.69, 9.17) is 0 Å². The number of nitrogens with one attached hydrogen (secondary N) is 1. The highest BCUT2D eigenvalue weighted by Gasteiger charge is 2.34. The van der Waals surface area contributed by atoms with Crippen LogP contribution in [-0.2, 0) is 26.2 Å². The molecule has 0 spiro atoms. The van der Waals surface area contributed by atoms with E-state index in [2.05, 4.69) is 20.5 Å². The monoisotopic (exact) mass is 697 g/mol. The molecule has 0 saturated carbocycles. The number of carbonyl (C=O) groups excluding carboxylic acids is 3. The van der Waals surface area contributed by atoms with Gasteiger partial charge in [-0.2, -0.15) is 9.68 Å². The maximum Gasteiger partial charge on any atom is 0.269 e. The molecule has 11 nitrogen and oxygen atoms in total. The zero-order valence-electron chi connectivity index (χ0n) is 29.0. The van der Waals surface area contributed by atoms with Gasteiger partial charge in [0.25, 0.3) is 15.9 Å². The summed E-state index contributed by atoms with van der Waals surface area (Å²) < 4.78 is 31.5. The number of azo groups is 1. The van der Waals surface area contributed by atoms with Gasteiger partial charge in [0.15, 0.2) is 6.17 Å². The molecule has 1 N–H and O–H groups in total. The van der Waals surface area contributed by atoms with E-state index in [1.165, 1.54) is 12.1 Å². The molecular formula is C38H45N6O5S+. The van der Waals surface area contributed by atoms with Gasteiger partial charge in [-0.05, 0) is 56.9 Å². The fourth-order valence-corrected chi connectivity index (χ4v) is 7.60. The van der Waals surface area contributed by atoms with Crippen LogP contribution in [0, 0.1) is 6.92 Å². The summed E-state index contributed by atoms with van der Waals surface area (Å²) in [7, 11) is -2.67. The lowest BCUT2D eigenvalue weighted by atomic mass is 10.0. The summed E-state index contributed by atoms with van der Waals surface area (Å²) >= 11 is 0. The van der Waals surface area contributed by atoms with Crippen molar-refractivity contribution >= 4 is 55.3 Å². The highest BCUT2D eigenvalue weighted by Crippen LogP contribution is 2.29. The minimum Gasteiger partial charge on any atom is -0.359 e. The maximum absolute atomic E-state index is 14.8. The lowest BCUT2D eigenvalue weighted by Gasteiger charge is -2.24. The predicted molar refractivity (Wildman–Crippen MR) is 193 cm³/mol. The molecule has 4 aromatic rings. The number of aryl methyl sites for hydroxylation is 1. The zero-order valence-corrected chi connectivity index (χ0v) is 29.8. The Kier molecular flexibility index (Phi) is 12.2. The molecule has 1 aromatic heterocycles. The molecular weight excluding hydrogens is 653 g/mol. The second kappa shape index (κ2) is 16.7. The van der Waals surface area contributed by atoms with Crippen LogP contribution in [0.15, 0.2) is 92.9 Å². The number of hydrogen-bond acceptors (Lipinski definition) is 8. The highest BCUT2D eigenvalue weighted by atomic mass is 32.2. The SMILES string of the molecule is CCC1N=NC(C[n+]2c3ccccc3c(C(=O)N(CCCC(=O)CCCCCCC(=O)NC)S(=O)(=O)c3ccc(C)cc3)c3ccccc32)=N1. The molecule has 5 rings (SSSR count). The average molecular weight is 698 g/mol. The van der Waals surface area contributed by atoms with Crippen LogP contribution >= 0.6 is 0 Å². The molecule has 0 bridgehead atoms. The van der Waals surface area contributed by atoms with Crippen LogP contribution in [0.4, 0.5) is 0 Å². The minimum atomic E-state index is -4.29. The number of aliphatic imine (C=N–C) groups is 1. The number of amidine groups is 1. The average Bonchev–Trinajstić information content (AvgIpc) is 3.59. The summed E-state index contributed by atoms with van der Waals surface area (Å²) in [5.41, 5.74) is 2.62. The van der Waals surface area contributed by atoms with Gasteiger partial charge in [-0.25, -0.2) is 17.7 Å². The number of aromatic nitrogens is 1. The fourth-order valence-electron chi connectivity index (χ4n) is 6.18. The third kappa shape index (κ3) is 8.47. The van der Waals surface area contributed by atoms with E-state index >= 15 is 0 Å². The van der Waals surface area contributed by atoms with Gasteiger partial charge in [0, 0.05) is 45.0 Å². The number of fused-ring (bicyclic) bond motifs is 2. The first-order valence-corrected chi connectivity index (χ1v) is 18.7. The van der Waals surface area contributed by atoms with Crippen molar-refractivity contribution in [3.63, 3.8) is 0 Å². The van der Waals surface area contributed by atoms with Crippen LogP contribution < -0.4 is 9.88 Å². The third-order valence-corrected chi connectivity index (χ3v) is 10.7. The molecule has 262 valence electrons. The van der Waals surface area contributed by atoms with Gasteiger partial charge in [-0.15, -0.1) is 5.11 Å². The van der Waals surface area contributed by atoms with Gasteiger partial charge in [0.2, 0.25) is 29.3 Å². The van der Waals surface area contributed by atoms with Crippen LogP contribution in [0.25, 0.3) is 21.8 Å². The Morgan fingerprint density at radius 1 is 0.820 bits per heavy atom. The van der Waals surface area contributed by atoms with Gasteiger partial charge in [-0.3, -0.25) is 14.4 Å². The molecule has 0 aliphatic carbocycles. The molecule has 0 saturated heterocycles. The number of sulfonamides is 1. The van der Waals surface area contributed by atoms with Gasteiger partial charge >= 0.3 is 0 Å². The van der Waals surface area contributed by atoms with Crippen molar-refractivity contribution < 1.29 is 27.4 Å². The van der Waals surface area contributed by atoms with E-state index in [1.807, 2.05) is 66.9 Å². The number of hydrogen-bond donors (Lipinski definition) is 1. The molecule has 2 heterocycles. The van der Waals surface area contributed by atoms with Gasteiger partial charge in [-0.1, -0.05) is 61.7 Å². The number of unbranched alkanes of at least 4 members (excludes halogenated alkanes) is 3. The Labute approximate surface area is 293 Å². The molecule has 1 aliphatic heterocycles. The molecule has 50 heavy (non-hydrogen) atoms. The zero-order chi connectivity index (χ0) is 35.7. The van der Waals surface area contributed by atoms with E-state index < -0.39 is 15.9 Å². The van der Waals surface area contributed by atoms with Crippen molar-refractivity contribution in [1.82, 2.24) is 9.62 Å². The lowest BCUT2D eigenvalue weighted by molar-refractivity contribution is -0.629. The molecule has 0 fully saturated rings. The standard InChI is InChI=1S/C38H44N6O5S/c1-4-34-40-35(42-41-34)26-43-32-18-11-9-16-30(32)37(31-17-10-12-19-33(31)43)38(47)44(50(48,49)29-23-21-27(2)22-24-29)25-13-15-28(45)14-7-5-6-8-20-36(46)39-3/h9-12,16-19,21-24,34H,4-8,13-15,20,25-26H2,1-3H3/p+1. The number of nitrogens with zero attached hydrogens (tertiary/aromatic N) is 5. The molecule has 12 heteroatoms. The summed E-state index contributed by atoms with van der Waals surface area (Å²) in [6.45, 7) is 4.04. The highest BCUT2D eigenvalue weighted by molar-refractivity contribution is 7.89. The van der Waals surface area contributed by atoms with Crippen molar-refractivity contribution in [2.45, 2.75) is 89.2 Å². The second-order valence-corrected chi connectivity index (χ2v) is 14.4. The largest absolute Gasteiger partial charge is 0.359 e. The number of ketones is 1. The van der Waals surface area contributed by atoms with Gasteiger partial charge in [0.05, 0.1) is 21.2 Å². The maximum atomic E-state index is 14.8. The van der Waals surface area contributed by atoms with Crippen molar-refractivity contribution in [3.8, 4) is 0 Å². The topological polar surface area (TPSA) is 142 Å². The number of carbonyl (C=O) groups is 3. The van der Waals surface area contributed by atoms with Crippen LogP contribution in [0.2, 0.25) is 0 Å². The van der Waals surface area contributed by atoms with Crippen LogP contribution in [0.3, 0.4) is 0 Å². The Hall–Kier alpha value is -4.84.